The lowest BCUT2D eigenvalue weighted by Crippen LogP contribution is -2.15. The monoisotopic (exact) mass is 324 g/mol. The third kappa shape index (κ3) is 4.12. The average Bonchev–Trinajstić information content (AvgIpc) is 2.85. The summed E-state index contributed by atoms with van der Waals surface area (Å²) < 4.78 is 11.9. The van der Waals surface area contributed by atoms with Gasteiger partial charge in [-0.3, -0.25) is 0 Å². The molecular formula is C13H16N4O4S. The van der Waals surface area contributed by atoms with E-state index in [-0.39, 0.29) is 5.56 Å². The first-order valence-electron chi connectivity index (χ1n) is 6.39. The summed E-state index contributed by atoms with van der Waals surface area (Å²) in [6.45, 7) is 0.736. The van der Waals surface area contributed by atoms with Crippen LogP contribution >= 0.6 is 11.8 Å². The molecule has 0 radical (unpaired) electrons. The van der Waals surface area contributed by atoms with Crippen LogP contribution in [0, 0.1) is 0 Å². The fraction of sp³-hybridized carbons (Fsp3) is 0.308. The van der Waals surface area contributed by atoms with Gasteiger partial charge in [-0.15, -0.1) is 10.2 Å². The average molecular weight is 324 g/mol. The van der Waals surface area contributed by atoms with E-state index in [1.807, 2.05) is 0 Å². The predicted molar refractivity (Wildman–Crippen MR) is 80.5 cm³/mol. The maximum atomic E-state index is 10.7. The Labute approximate surface area is 131 Å². The summed E-state index contributed by atoms with van der Waals surface area (Å²) in [7, 11) is 1.56. The minimum absolute atomic E-state index is 0.226. The summed E-state index contributed by atoms with van der Waals surface area (Å²) in [4.78, 5) is 10.7. The number of methoxy groups -OCH3 is 1. The summed E-state index contributed by atoms with van der Waals surface area (Å²) in [5.41, 5.74) is 0.226. The molecule has 0 saturated heterocycles. The first-order chi connectivity index (χ1) is 10.6. The molecule has 3 N–H and O–H groups in total. The van der Waals surface area contributed by atoms with Crippen molar-refractivity contribution in [2.75, 3.05) is 25.3 Å². The summed E-state index contributed by atoms with van der Waals surface area (Å²) in [6, 6.07) is 6.24. The molecule has 0 aliphatic rings. The van der Waals surface area contributed by atoms with E-state index in [4.69, 9.17) is 20.4 Å². The highest BCUT2D eigenvalue weighted by Gasteiger charge is 2.09. The normalized spacial score (nSPS) is 10.6. The van der Waals surface area contributed by atoms with Crippen molar-refractivity contribution in [1.29, 1.82) is 0 Å². The molecule has 0 amide bonds. The van der Waals surface area contributed by atoms with Gasteiger partial charge in [0.1, 0.15) is 12.4 Å². The molecule has 2 rings (SSSR count). The van der Waals surface area contributed by atoms with Gasteiger partial charge < -0.3 is 20.4 Å². The van der Waals surface area contributed by atoms with Crippen LogP contribution in [0.3, 0.4) is 0 Å². The third-order valence-corrected chi connectivity index (χ3v) is 3.60. The summed E-state index contributed by atoms with van der Waals surface area (Å²) in [5.74, 6) is 6.65. The van der Waals surface area contributed by atoms with Crippen LogP contribution in [0.1, 0.15) is 16.2 Å². The van der Waals surface area contributed by atoms with E-state index in [0.717, 1.165) is 0 Å². The number of nitrogens with two attached hydrogens (primary N) is 1. The lowest BCUT2D eigenvalue weighted by atomic mass is 10.2. The maximum absolute atomic E-state index is 10.7. The number of nitrogens with zero attached hydrogens (tertiary/aromatic N) is 3. The van der Waals surface area contributed by atoms with Gasteiger partial charge in [0.25, 0.3) is 0 Å². The van der Waals surface area contributed by atoms with Crippen molar-refractivity contribution < 1.29 is 19.4 Å². The lowest BCUT2D eigenvalue weighted by molar-refractivity contribution is 0.0697. The number of rotatable bonds is 8. The van der Waals surface area contributed by atoms with Gasteiger partial charge in [-0.05, 0) is 24.3 Å². The molecular weight excluding hydrogens is 308 g/mol. The van der Waals surface area contributed by atoms with E-state index >= 15 is 0 Å². The smallest absolute Gasteiger partial charge is 0.335 e. The highest BCUT2D eigenvalue weighted by Crippen LogP contribution is 2.16. The number of ether oxygens (including phenoxy) is 2. The number of carboxylic acids is 1. The number of nitrogen functional groups attached to an aromatic ring is 1. The van der Waals surface area contributed by atoms with Gasteiger partial charge in [0.15, 0.2) is 5.82 Å². The van der Waals surface area contributed by atoms with Crippen LogP contribution in [0.5, 0.6) is 5.75 Å². The minimum atomic E-state index is -0.962. The number of aromatic carboxylic acids is 1. The number of benzene rings is 1. The molecule has 0 spiro atoms. The van der Waals surface area contributed by atoms with Crippen molar-refractivity contribution >= 4 is 17.7 Å². The van der Waals surface area contributed by atoms with E-state index in [9.17, 15) is 4.79 Å². The molecule has 1 aromatic carbocycles. The second kappa shape index (κ2) is 7.66. The van der Waals surface area contributed by atoms with Gasteiger partial charge in [0, 0.05) is 12.9 Å². The number of carbonyl (C=O) groups is 1. The molecule has 1 aromatic heterocycles. The van der Waals surface area contributed by atoms with Crippen LogP contribution in [0.4, 0.5) is 0 Å². The Kier molecular flexibility index (Phi) is 5.61. The Morgan fingerprint density at radius 3 is 2.73 bits per heavy atom. The molecule has 9 heteroatoms. The maximum Gasteiger partial charge on any atom is 0.335 e. The molecule has 118 valence electrons. The molecule has 0 unspecified atom stereocenters. The Morgan fingerprint density at radius 2 is 2.09 bits per heavy atom. The van der Waals surface area contributed by atoms with Crippen LogP contribution in [-0.4, -0.2) is 45.4 Å². The molecule has 0 aliphatic carbocycles. The third-order valence-electron chi connectivity index (χ3n) is 2.69. The SMILES string of the molecule is COCc1nnc(SCCOc2ccc(C(=O)O)cc2)n1N. The number of hydrogen-bond donors (Lipinski definition) is 2. The quantitative estimate of drug-likeness (QED) is 0.420. The number of aromatic nitrogens is 3. The van der Waals surface area contributed by atoms with Crippen LogP contribution in [0.2, 0.25) is 0 Å². The lowest BCUT2D eigenvalue weighted by Gasteiger charge is -2.06. The van der Waals surface area contributed by atoms with Gasteiger partial charge in [0.2, 0.25) is 5.16 Å². The van der Waals surface area contributed by atoms with Gasteiger partial charge >= 0.3 is 5.97 Å². The number of thioether (sulfide) groups is 1. The zero-order chi connectivity index (χ0) is 15.9. The predicted octanol–water partition coefficient (Wildman–Crippen LogP) is 1.01. The van der Waals surface area contributed by atoms with Crippen LogP contribution < -0.4 is 10.6 Å². The van der Waals surface area contributed by atoms with Gasteiger partial charge in [-0.2, -0.15) is 0 Å². The highest BCUT2D eigenvalue weighted by molar-refractivity contribution is 7.99. The first kappa shape index (κ1) is 16.1. The van der Waals surface area contributed by atoms with Crippen LogP contribution in [-0.2, 0) is 11.3 Å². The summed E-state index contributed by atoms with van der Waals surface area (Å²) >= 11 is 1.41. The fourth-order valence-corrected chi connectivity index (χ4v) is 2.31. The van der Waals surface area contributed by atoms with Crippen molar-refractivity contribution in [3.63, 3.8) is 0 Å². The Morgan fingerprint density at radius 1 is 1.36 bits per heavy atom. The molecule has 1 heterocycles. The number of hydrogen-bond acceptors (Lipinski definition) is 7. The summed E-state index contributed by atoms with van der Waals surface area (Å²) in [5, 5.41) is 17.3. The van der Waals surface area contributed by atoms with Crippen molar-refractivity contribution in [2.24, 2.45) is 0 Å². The molecule has 2 aromatic rings. The van der Waals surface area contributed by atoms with E-state index in [2.05, 4.69) is 10.2 Å². The molecule has 0 saturated carbocycles. The first-order valence-corrected chi connectivity index (χ1v) is 7.37. The fourth-order valence-electron chi connectivity index (χ4n) is 1.62. The van der Waals surface area contributed by atoms with Gasteiger partial charge in [-0.1, -0.05) is 11.8 Å². The minimum Gasteiger partial charge on any atom is -0.493 e. The van der Waals surface area contributed by atoms with Crippen molar-refractivity contribution in [2.45, 2.75) is 11.8 Å². The van der Waals surface area contributed by atoms with Gasteiger partial charge in [0.05, 0.1) is 12.2 Å². The largest absolute Gasteiger partial charge is 0.493 e. The Balaban J connectivity index is 1.78. The van der Waals surface area contributed by atoms with E-state index in [1.165, 1.54) is 28.6 Å². The molecule has 0 bridgehead atoms. The Bertz CT molecular complexity index is 629. The van der Waals surface area contributed by atoms with Crippen molar-refractivity contribution in [3.05, 3.63) is 35.7 Å². The standard InChI is InChI=1S/C13H16N4O4S/c1-20-8-11-15-16-13(17(11)14)22-7-6-21-10-4-2-9(3-5-10)12(18)19/h2-5H,6-8,14H2,1H3,(H,18,19). The second-order valence-corrected chi connectivity index (χ2v) is 5.29. The zero-order valence-electron chi connectivity index (χ0n) is 11.9. The number of carboxylic acid groups (broad SMARTS) is 1. The van der Waals surface area contributed by atoms with E-state index in [1.54, 1.807) is 19.2 Å². The molecule has 0 fully saturated rings. The highest BCUT2D eigenvalue weighted by atomic mass is 32.2. The molecule has 8 nitrogen and oxygen atoms in total. The van der Waals surface area contributed by atoms with Gasteiger partial charge in [-0.25, -0.2) is 9.47 Å². The Hall–Kier alpha value is -2.26. The van der Waals surface area contributed by atoms with E-state index in [0.29, 0.717) is 35.7 Å². The summed E-state index contributed by atoms with van der Waals surface area (Å²) in [6.07, 6.45) is 0. The van der Waals surface area contributed by atoms with Crippen molar-refractivity contribution in [1.82, 2.24) is 14.9 Å². The van der Waals surface area contributed by atoms with E-state index < -0.39 is 5.97 Å². The molecule has 22 heavy (non-hydrogen) atoms. The second-order valence-electron chi connectivity index (χ2n) is 4.23. The zero-order valence-corrected chi connectivity index (χ0v) is 12.7. The van der Waals surface area contributed by atoms with Crippen LogP contribution in [0.25, 0.3) is 0 Å². The molecule has 0 atom stereocenters. The van der Waals surface area contributed by atoms with Crippen LogP contribution in [0.15, 0.2) is 29.4 Å². The molecule has 0 aliphatic heterocycles. The topological polar surface area (TPSA) is 112 Å². The van der Waals surface area contributed by atoms with Crippen molar-refractivity contribution in [3.8, 4) is 5.75 Å².